The Balaban J connectivity index is 2.45. The first-order valence-electron chi connectivity index (χ1n) is 7.44. The largest absolute Gasteiger partial charge is 0.358 e. The lowest BCUT2D eigenvalue weighted by Gasteiger charge is -2.25. The van der Waals surface area contributed by atoms with E-state index in [1.807, 2.05) is 0 Å². The first-order chi connectivity index (χ1) is 9.67. The summed E-state index contributed by atoms with van der Waals surface area (Å²) in [5.41, 5.74) is 1.04. The van der Waals surface area contributed by atoms with Crippen LogP contribution in [0.3, 0.4) is 0 Å². The van der Waals surface area contributed by atoms with Crippen molar-refractivity contribution < 1.29 is 4.39 Å². The molecule has 1 aromatic carbocycles. The summed E-state index contributed by atoms with van der Waals surface area (Å²) in [6, 6.07) is 6.53. The van der Waals surface area contributed by atoms with Crippen molar-refractivity contribution in [3.05, 3.63) is 35.6 Å². The number of nitrogens with zero attached hydrogens (tertiary/aromatic N) is 1. The molecule has 1 aromatic rings. The highest BCUT2D eigenvalue weighted by Crippen LogP contribution is 2.04. The lowest BCUT2D eigenvalue weighted by molar-refractivity contribution is 0.392. The summed E-state index contributed by atoms with van der Waals surface area (Å²) in [6.07, 6.45) is 4.65. The van der Waals surface area contributed by atoms with Gasteiger partial charge in [-0.1, -0.05) is 38.8 Å². The van der Waals surface area contributed by atoms with E-state index in [9.17, 15) is 4.39 Å². The van der Waals surface area contributed by atoms with Gasteiger partial charge in [-0.3, -0.25) is 0 Å². The van der Waals surface area contributed by atoms with Crippen LogP contribution in [-0.2, 0) is 6.54 Å². The smallest absolute Gasteiger partial charge is 0.169 e. The topological polar surface area (TPSA) is 15.3 Å². The molecule has 2 nitrogen and oxygen atoms in total. The van der Waals surface area contributed by atoms with Crippen molar-refractivity contribution in [1.29, 1.82) is 0 Å². The Kier molecular flexibility index (Phi) is 8.19. The van der Waals surface area contributed by atoms with Crippen LogP contribution < -0.4 is 5.32 Å². The third-order valence-corrected chi connectivity index (χ3v) is 3.61. The second-order valence-corrected chi connectivity index (χ2v) is 5.37. The van der Waals surface area contributed by atoms with Gasteiger partial charge >= 0.3 is 0 Å². The standard InChI is InChI=1S/C16H25FN2S/c1-3-5-11-19(12-6-4-2)16(20)18-13-14-7-9-15(17)10-8-14/h7-10H,3-6,11-13H2,1-2H3,(H,18,20). The van der Waals surface area contributed by atoms with Gasteiger partial charge in [0.1, 0.15) is 5.82 Å². The molecule has 0 aliphatic carbocycles. The summed E-state index contributed by atoms with van der Waals surface area (Å²) in [5.74, 6) is -0.205. The summed E-state index contributed by atoms with van der Waals surface area (Å²) in [6.45, 7) is 7.03. The van der Waals surface area contributed by atoms with Crippen LogP contribution in [0, 0.1) is 5.82 Å². The number of unbranched alkanes of at least 4 members (excludes halogenated alkanes) is 2. The molecule has 20 heavy (non-hydrogen) atoms. The van der Waals surface area contributed by atoms with E-state index in [4.69, 9.17) is 12.2 Å². The molecule has 0 amide bonds. The van der Waals surface area contributed by atoms with Crippen LogP contribution in [0.2, 0.25) is 0 Å². The first kappa shape index (κ1) is 16.9. The molecule has 0 radical (unpaired) electrons. The Morgan fingerprint density at radius 1 is 1.10 bits per heavy atom. The van der Waals surface area contributed by atoms with Crippen molar-refractivity contribution in [2.24, 2.45) is 0 Å². The second kappa shape index (κ2) is 9.70. The fourth-order valence-electron chi connectivity index (χ4n) is 1.90. The Labute approximate surface area is 127 Å². The van der Waals surface area contributed by atoms with E-state index in [2.05, 4.69) is 24.1 Å². The second-order valence-electron chi connectivity index (χ2n) is 4.98. The minimum atomic E-state index is -0.205. The van der Waals surface area contributed by atoms with Gasteiger partial charge in [-0.15, -0.1) is 0 Å². The Morgan fingerprint density at radius 3 is 2.15 bits per heavy atom. The molecule has 0 fully saturated rings. The number of hydrogen-bond donors (Lipinski definition) is 1. The van der Waals surface area contributed by atoms with E-state index in [0.29, 0.717) is 6.54 Å². The van der Waals surface area contributed by atoms with Crippen molar-refractivity contribution in [3.63, 3.8) is 0 Å². The molecule has 0 heterocycles. The van der Waals surface area contributed by atoms with E-state index < -0.39 is 0 Å². The van der Waals surface area contributed by atoms with E-state index in [0.717, 1.165) is 36.6 Å². The molecule has 0 aromatic heterocycles. The van der Waals surface area contributed by atoms with Crippen molar-refractivity contribution in [2.45, 2.75) is 46.1 Å². The predicted octanol–water partition coefficient (Wildman–Crippen LogP) is 4.10. The summed E-state index contributed by atoms with van der Waals surface area (Å²) in [5, 5.41) is 4.07. The Morgan fingerprint density at radius 2 is 1.65 bits per heavy atom. The monoisotopic (exact) mass is 296 g/mol. The highest BCUT2D eigenvalue weighted by Gasteiger charge is 2.08. The van der Waals surface area contributed by atoms with Crippen molar-refractivity contribution in [3.8, 4) is 0 Å². The van der Waals surface area contributed by atoms with E-state index >= 15 is 0 Å². The minimum absolute atomic E-state index is 0.205. The fourth-order valence-corrected chi connectivity index (χ4v) is 2.16. The molecule has 0 bridgehead atoms. The summed E-state index contributed by atoms with van der Waals surface area (Å²) in [4.78, 5) is 2.24. The average molecular weight is 296 g/mol. The molecule has 4 heteroatoms. The molecule has 1 rings (SSSR count). The SMILES string of the molecule is CCCCN(CCCC)C(=S)NCc1ccc(F)cc1. The highest BCUT2D eigenvalue weighted by molar-refractivity contribution is 7.80. The number of nitrogens with one attached hydrogen (secondary N) is 1. The summed E-state index contributed by atoms with van der Waals surface area (Å²) >= 11 is 5.47. The molecule has 1 N–H and O–H groups in total. The molecular weight excluding hydrogens is 271 g/mol. The van der Waals surface area contributed by atoms with E-state index in [1.165, 1.54) is 25.0 Å². The number of thiocarbonyl (C=S) groups is 1. The lowest BCUT2D eigenvalue weighted by atomic mass is 10.2. The first-order valence-corrected chi connectivity index (χ1v) is 7.85. The zero-order valence-electron chi connectivity index (χ0n) is 12.5. The molecule has 0 atom stereocenters. The van der Waals surface area contributed by atoms with Gasteiger partial charge in [0.15, 0.2) is 5.11 Å². The van der Waals surface area contributed by atoms with E-state index in [1.54, 1.807) is 12.1 Å². The molecule has 0 unspecified atom stereocenters. The van der Waals surface area contributed by atoms with Gasteiger partial charge in [0.25, 0.3) is 0 Å². The molecule has 0 aliphatic heterocycles. The molecule has 0 aliphatic rings. The summed E-state index contributed by atoms with van der Waals surface area (Å²) in [7, 11) is 0. The molecular formula is C16H25FN2S. The number of rotatable bonds is 8. The van der Waals surface area contributed by atoms with Gasteiger partial charge in [-0.2, -0.15) is 0 Å². The maximum atomic E-state index is 12.8. The molecule has 0 spiro atoms. The normalized spacial score (nSPS) is 10.3. The van der Waals surface area contributed by atoms with Crippen LogP contribution in [0.15, 0.2) is 24.3 Å². The molecule has 0 saturated carbocycles. The van der Waals surface area contributed by atoms with Crippen molar-refractivity contribution in [1.82, 2.24) is 10.2 Å². The van der Waals surface area contributed by atoms with Crippen LogP contribution in [0.5, 0.6) is 0 Å². The van der Waals surface area contributed by atoms with Crippen LogP contribution >= 0.6 is 12.2 Å². The summed E-state index contributed by atoms with van der Waals surface area (Å²) < 4.78 is 12.8. The number of hydrogen-bond acceptors (Lipinski definition) is 1. The molecule has 112 valence electrons. The third kappa shape index (κ3) is 6.33. The van der Waals surface area contributed by atoms with Crippen molar-refractivity contribution in [2.75, 3.05) is 13.1 Å². The van der Waals surface area contributed by atoms with Gasteiger partial charge in [0.2, 0.25) is 0 Å². The quantitative estimate of drug-likeness (QED) is 0.727. The fraction of sp³-hybridized carbons (Fsp3) is 0.562. The number of halogens is 1. The van der Waals surface area contributed by atoms with Gasteiger partial charge in [-0.05, 0) is 42.8 Å². The van der Waals surface area contributed by atoms with Crippen LogP contribution in [0.25, 0.3) is 0 Å². The van der Waals surface area contributed by atoms with E-state index in [-0.39, 0.29) is 5.82 Å². The van der Waals surface area contributed by atoms with Crippen LogP contribution in [0.1, 0.15) is 45.1 Å². The Bertz CT molecular complexity index is 384. The lowest BCUT2D eigenvalue weighted by Crippen LogP contribution is -2.40. The Hall–Kier alpha value is -1.16. The number of benzene rings is 1. The maximum absolute atomic E-state index is 12.8. The third-order valence-electron chi connectivity index (χ3n) is 3.21. The van der Waals surface area contributed by atoms with Gasteiger partial charge in [0.05, 0.1) is 0 Å². The zero-order valence-corrected chi connectivity index (χ0v) is 13.3. The van der Waals surface area contributed by atoms with Crippen LogP contribution in [-0.4, -0.2) is 23.1 Å². The van der Waals surface area contributed by atoms with Crippen LogP contribution in [0.4, 0.5) is 4.39 Å². The average Bonchev–Trinajstić information content (AvgIpc) is 2.46. The van der Waals surface area contributed by atoms with Gasteiger partial charge in [0, 0.05) is 19.6 Å². The zero-order chi connectivity index (χ0) is 14.8. The van der Waals surface area contributed by atoms with Crippen molar-refractivity contribution >= 4 is 17.3 Å². The van der Waals surface area contributed by atoms with Gasteiger partial charge < -0.3 is 10.2 Å². The maximum Gasteiger partial charge on any atom is 0.169 e. The minimum Gasteiger partial charge on any atom is -0.358 e. The highest BCUT2D eigenvalue weighted by atomic mass is 32.1. The van der Waals surface area contributed by atoms with Gasteiger partial charge in [-0.25, -0.2) is 4.39 Å². The predicted molar refractivity (Wildman–Crippen MR) is 87.2 cm³/mol. The molecule has 0 saturated heterocycles.